The Labute approximate surface area is 103 Å². The molecule has 1 aromatic heterocycles. The molecule has 0 spiro atoms. The van der Waals surface area contributed by atoms with Gasteiger partial charge >= 0.3 is 0 Å². The van der Waals surface area contributed by atoms with Crippen LogP contribution in [0.3, 0.4) is 0 Å². The molecule has 1 heterocycles. The number of hydrogen-bond donors (Lipinski definition) is 0. The van der Waals surface area contributed by atoms with E-state index in [2.05, 4.69) is 25.7 Å². The molecular formula is C7H5BrClF2NO3S. The van der Waals surface area contributed by atoms with Crippen LogP contribution in [0.1, 0.15) is 12.0 Å². The molecule has 0 aliphatic carbocycles. The molecule has 1 rings (SSSR count). The van der Waals surface area contributed by atoms with E-state index in [1.54, 1.807) is 0 Å². The third-order valence-electron chi connectivity index (χ3n) is 1.61. The Bertz CT molecular complexity index is 509. The van der Waals surface area contributed by atoms with Crippen molar-refractivity contribution in [3.63, 3.8) is 0 Å². The van der Waals surface area contributed by atoms with Crippen LogP contribution in [0.15, 0.2) is 15.6 Å². The number of aromatic nitrogens is 1. The van der Waals surface area contributed by atoms with Crippen LogP contribution in [0.25, 0.3) is 0 Å². The molecule has 1 aromatic rings. The highest BCUT2D eigenvalue weighted by atomic mass is 79.9. The lowest BCUT2D eigenvalue weighted by molar-refractivity contribution is 0.149. The fraction of sp³-hybridized carbons (Fsp3) is 0.286. The van der Waals surface area contributed by atoms with Gasteiger partial charge < -0.3 is 4.74 Å². The summed E-state index contributed by atoms with van der Waals surface area (Å²) in [6.45, 7) is 0. The van der Waals surface area contributed by atoms with Gasteiger partial charge in [0.25, 0.3) is 15.5 Å². The van der Waals surface area contributed by atoms with Crippen molar-refractivity contribution in [1.29, 1.82) is 0 Å². The molecule has 90 valence electrons. The molecule has 0 saturated heterocycles. The lowest BCUT2D eigenvalue weighted by Gasteiger charge is -2.09. The Morgan fingerprint density at radius 2 is 2.12 bits per heavy atom. The first-order valence-corrected chi connectivity index (χ1v) is 6.85. The summed E-state index contributed by atoms with van der Waals surface area (Å²) in [5.41, 5.74) is -0.550. The number of ether oxygens (including phenoxy) is 1. The number of hydrogen-bond acceptors (Lipinski definition) is 4. The van der Waals surface area contributed by atoms with Crippen molar-refractivity contribution in [3.8, 4) is 5.88 Å². The number of nitrogens with zero attached hydrogens (tertiary/aromatic N) is 1. The van der Waals surface area contributed by atoms with E-state index in [1.165, 1.54) is 7.11 Å². The van der Waals surface area contributed by atoms with Crippen molar-refractivity contribution in [1.82, 2.24) is 4.98 Å². The van der Waals surface area contributed by atoms with Crippen LogP contribution in [-0.2, 0) is 9.05 Å². The Hall–Kier alpha value is -0.470. The van der Waals surface area contributed by atoms with E-state index in [0.717, 1.165) is 0 Å². The zero-order chi connectivity index (χ0) is 12.5. The van der Waals surface area contributed by atoms with Crippen LogP contribution in [0.5, 0.6) is 5.88 Å². The van der Waals surface area contributed by atoms with Crippen molar-refractivity contribution in [2.24, 2.45) is 0 Å². The molecular weight excluding hydrogens is 332 g/mol. The molecule has 0 atom stereocenters. The van der Waals surface area contributed by atoms with Crippen molar-refractivity contribution >= 4 is 35.7 Å². The summed E-state index contributed by atoms with van der Waals surface area (Å²) in [6.07, 6.45) is -2.87. The van der Waals surface area contributed by atoms with Gasteiger partial charge in [-0.1, -0.05) is 0 Å². The molecule has 0 aliphatic rings. The maximum atomic E-state index is 12.6. The Morgan fingerprint density at radius 1 is 1.56 bits per heavy atom. The smallest absolute Gasteiger partial charge is 0.278 e. The summed E-state index contributed by atoms with van der Waals surface area (Å²) >= 11 is 2.84. The molecule has 4 nitrogen and oxygen atoms in total. The molecule has 0 N–H and O–H groups in total. The molecule has 0 bridgehead atoms. The average Bonchev–Trinajstić information content (AvgIpc) is 2.15. The van der Waals surface area contributed by atoms with Gasteiger partial charge in [-0.25, -0.2) is 17.2 Å². The molecule has 9 heteroatoms. The molecule has 0 unspecified atom stereocenters. The van der Waals surface area contributed by atoms with Gasteiger partial charge in [-0.3, -0.25) is 0 Å². The van der Waals surface area contributed by atoms with Crippen LogP contribution in [0.2, 0.25) is 0 Å². The Morgan fingerprint density at radius 3 is 2.50 bits per heavy atom. The molecule has 16 heavy (non-hydrogen) atoms. The minimum absolute atomic E-state index is 0.103. The second-order valence-electron chi connectivity index (χ2n) is 2.61. The normalized spacial score (nSPS) is 11.9. The summed E-state index contributed by atoms with van der Waals surface area (Å²) in [5.74, 6) is -0.267. The molecule has 0 saturated carbocycles. The standard InChI is InChI=1S/C7H5BrClF2NO3S/c1-15-7-5(8)3(6(10)11)2-4(12-7)16(9,13)14/h2,6H,1H3. The van der Waals surface area contributed by atoms with Crippen molar-refractivity contribution < 1.29 is 21.9 Å². The Kier molecular flexibility index (Phi) is 4.08. The predicted octanol–water partition coefficient (Wildman–Crippen LogP) is 2.72. The van der Waals surface area contributed by atoms with Crippen molar-refractivity contribution in [2.75, 3.05) is 7.11 Å². The lowest BCUT2D eigenvalue weighted by Crippen LogP contribution is -2.02. The second-order valence-corrected chi connectivity index (χ2v) is 5.92. The Balaban J connectivity index is 3.53. The number of rotatable bonds is 3. The molecule has 0 fully saturated rings. The van der Waals surface area contributed by atoms with Gasteiger partial charge in [0.15, 0.2) is 5.03 Å². The van der Waals surface area contributed by atoms with Gasteiger partial charge in [0.1, 0.15) is 0 Å². The highest BCUT2D eigenvalue weighted by Crippen LogP contribution is 2.35. The highest BCUT2D eigenvalue weighted by Gasteiger charge is 2.23. The van der Waals surface area contributed by atoms with Gasteiger partial charge in [0, 0.05) is 16.2 Å². The van der Waals surface area contributed by atoms with E-state index in [1.807, 2.05) is 0 Å². The largest absolute Gasteiger partial charge is 0.480 e. The summed E-state index contributed by atoms with van der Waals surface area (Å²) in [7, 11) is 2.00. The molecule has 0 radical (unpaired) electrons. The molecule has 0 amide bonds. The highest BCUT2D eigenvalue weighted by molar-refractivity contribution is 9.10. The first-order chi connectivity index (χ1) is 7.27. The monoisotopic (exact) mass is 335 g/mol. The zero-order valence-electron chi connectivity index (χ0n) is 7.75. The van der Waals surface area contributed by atoms with Crippen LogP contribution >= 0.6 is 26.6 Å². The van der Waals surface area contributed by atoms with E-state index in [9.17, 15) is 17.2 Å². The summed E-state index contributed by atoms with van der Waals surface area (Å²) < 4.78 is 51.6. The maximum Gasteiger partial charge on any atom is 0.278 e. The van der Waals surface area contributed by atoms with Crippen LogP contribution < -0.4 is 4.74 Å². The van der Waals surface area contributed by atoms with Gasteiger partial charge in [0.2, 0.25) is 5.88 Å². The maximum absolute atomic E-state index is 12.6. The minimum atomic E-state index is -4.18. The van der Waals surface area contributed by atoms with Crippen LogP contribution in [-0.4, -0.2) is 20.5 Å². The second kappa shape index (κ2) is 4.80. The first kappa shape index (κ1) is 13.6. The fourth-order valence-electron chi connectivity index (χ4n) is 0.920. The van der Waals surface area contributed by atoms with Crippen LogP contribution in [0.4, 0.5) is 8.78 Å². The summed E-state index contributed by atoms with van der Waals surface area (Å²) in [6, 6.07) is 0.694. The minimum Gasteiger partial charge on any atom is -0.480 e. The average molecular weight is 337 g/mol. The van der Waals surface area contributed by atoms with Crippen molar-refractivity contribution in [3.05, 3.63) is 16.1 Å². The third kappa shape index (κ3) is 2.80. The van der Waals surface area contributed by atoms with Crippen LogP contribution in [0, 0.1) is 0 Å². The van der Waals surface area contributed by atoms with E-state index in [4.69, 9.17) is 10.7 Å². The molecule has 0 aliphatic heterocycles. The van der Waals surface area contributed by atoms with Gasteiger partial charge in [0.05, 0.1) is 11.6 Å². The van der Waals surface area contributed by atoms with Crippen molar-refractivity contribution in [2.45, 2.75) is 11.5 Å². The summed E-state index contributed by atoms with van der Waals surface area (Å²) in [5, 5.41) is -0.676. The fourth-order valence-corrected chi connectivity index (χ4v) is 2.16. The number of pyridine rings is 1. The SMILES string of the molecule is COc1nc(S(=O)(=O)Cl)cc(C(F)F)c1Br. The van der Waals surface area contributed by atoms with Gasteiger partial charge in [-0.05, 0) is 22.0 Å². The lowest BCUT2D eigenvalue weighted by atomic mass is 10.3. The summed E-state index contributed by atoms with van der Waals surface area (Å²) in [4.78, 5) is 3.48. The van der Waals surface area contributed by atoms with E-state index in [-0.39, 0.29) is 10.4 Å². The number of methoxy groups -OCH3 is 1. The van der Waals surface area contributed by atoms with Gasteiger partial charge in [-0.15, -0.1) is 0 Å². The predicted molar refractivity (Wildman–Crippen MR) is 56.5 cm³/mol. The topological polar surface area (TPSA) is 56.3 Å². The van der Waals surface area contributed by atoms with E-state index < -0.39 is 26.1 Å². The zero-order valence-corrected chi connectivity index (χ0v) is 10.9. The quantitative estimate of drug-likeness (QED) is 0.796. The third-order valence-corrected chi connectivity index (χ3v) is 3.59. The van der Waals surface area contributed by atoms with E-state index in [0.29, 0.717) is 6.07 Å². The number of halogens is 4. The first-order valence-electron chi connectivity index (χ1n) is 3.74. The van der Waals surface area contributed by atoms with Gasteiger partial charge in [-0.2, -0.15) is 4.98 Å². The number of alkyl halides is 2. The molecule has 0 aromatic carbocycles. The van der Waals surface area contributed by atoms with E-state index >= 15 is 0 Å².